The highest BCUT2D eigenvalue weighted by molar-refractivity contribution is 6.17. The van der Waals surface area contributed by atoms with E-state index in [9.17, 15) is 13.2 Å². The Morgan fingerprint density at radius 2 is 1.55 bits per heavy atom. The molecule has 1 heterocycles. The number of hydrogen-bond acceptors (Lipinski definition) is 2. The van der Waals surface area contributed by atoms with Crippen molar-refractivity contribution in [2.75, 3.05) is 0 Å². The third kappa shape index (κ3) is 2.69. The molecule has 1 aromatic heterocycles. The molecule has 0 spiro atoms. The van der Waals surface area contributed by atoms with Gasteiger partial charge in [-0.05, 0) is 36.4 Å². The first kappa shape index (κ1) is 14.6. The van der Waals surface area contributed by atoms with Gasteiger partial charge in [-0.15, -0.1) is 16.7 Å². The molecule has 0 amide bonds. The van der Waals surface area contributed by atoms with Crippen molar-refractivity contribution in [3.63, 3.8) is 0 Å². The van der Waals surface area contributed by atoms with E-state index in [1.807, 2.05) is 0 Å². The zero-order valence-electron chi connectivity index (χ0n) is 11.1. The number of benzene rings is 2. The molecule has 0 atom stereocenters. The smallest absolute Gasteiger partial charge is 0.126 e. The first-order valence-electron chi connectivity index (χ1n) is 6.31. The lowest BCUT2D eigenvalue weighted by atomic mass is 10.1. The fourth-order valence-electron chi connectivity index (χ4n) is 2.15. The van der Waals surface area contributed by atoms with E-state index in [1.54, 1.807) is 0 Å². The maximum absolute atomic E-state index is 13.5. The number of hydrogen-bond donors (Lipinski definition) is 0. The fourth-order valence-corrected chi connectivity index (χ4v) is 2.33. The van der Waals surface area contributed by atoms with Gasteiger partial charge in [0, 0.05) is 11.6 Å². The Bertz CT molecular complexity index is 795. The molecule has 3 rings (SSSR count). The van der Waals surface area contributed by atoms with Crippen molar-refractivity contribution in [1.82, 2.24) is 15.0 Å². The molecular weight excluding hydrogens is 315 g/mol. The highest BCUT2D eigenvalue weighted by Crippen LogP contribution is 2.27. The molecule has 112 valence electrons. The van der Waals surface area contributed by atoms with Gasteiger partial charge in [0.1, 0.15) is 23.1 Å². The molecule has 0 N–H and O–H groups in total. The molecule has 0 aliphatic carbocycles. The van der Waals surface area contributed by atoms with Crippen LogP contribution < -0.4 is 0 Å². The molecule has 7 heteroatoms. The summed E-state index contributed by atoms with van der Waals surface area (Å²) in [6.07, 6.45) is 0. The molecule has 0 saturated heterocycles. The number of alkyl halides is 1. The van der Waals surface area contributed by atoms with Crippen LogP contribution in [0.1, 0.15) is 5.69 Å². The molecule has 3 aromatic rings. The lowest BCUT2D eigenvalue weighted by Crippen LogP contribution is -2.00. The van der Waals surface area contributed by atoms with E-state index < -0.39 is 17.5 Å². The topological polar surface area (TPSA) is 30.7 Å². The molecule has 0 unspecified atom stereocenters. The summed E-state index contributed by atoms with van der Waals surface area (Å²) >= 11 is 5.82. The Morgan fingerprint density at radius 1 is 0.909 bits per heavy atom. The van der Waals surface area contributed by atoms with Gasteiger partial charge in [0.05, 0.1) is 17.3 Å². The van der Waals surface area contributed by atoms with Crippen molar-refractivity contribution in [2.45, 2.75) is 5.88 Å². The van der Waals surface area contributed by atoms with Gasteiger partial charge in [-0.2, -0.15) is 0 Å². The summed E-state index contributed by atoms with van der Waals surface area (Å²) in [6, 6.07) is 8.59. The predicted molar refractivity (Wildman–Crippen MR) is 76.2 cm³/mol. The molecular formula is C15H9ClF3N3. The largest absolute Gasteiger partial charge is 0.213 e. The van der Waals surface area contributed by atoms with Crippen molar-refractivity contribution in [2.24, 2.45) is 0 Å². The van der Waals surface area contributed by atoms with Gasteiger partial charge in [0.2, 0.25) is 0 Å². The third-order valence-electron chi connectivity index (χ3n) is 3.07. The summed E-state index contributed by atoms with van der Waals surface area (Å²) in [6.45, 7) is 0. The highest BCUT2D eigenvalue weighted by Gasteiger charge is 2.17. The normalized spacial score (nSPS) is 10.9. The van der Waals surface area contributed by atoms with E-state index in [2.05, 4.69) is 10.3 Å². The Labute approximate surface area is 129 Å². The second kappa shape index (κ2) is 5.81. The lowest BCUT2D eigenvalue weighted by Gasteiger charge is -2.08. The van der Waals surface area contributed by atoms with Gasteiger partial charge in [-0.3, -0.25) is 0 Å². The van der Waals surface area contributed by atoms with Crippen molar-refractivity contribution >= 4 is 11.6 Å². The number of rotatable bonds is 3. The number of aromatic nitrogens is 3. The van der Waals surface area contributed by atoms with Crippen LogP contribution in [0.2, 0.25) is 0 Å². The van der Waals surface area contributed by atoms with Crippen molar-refractivity contribution in [3.05, 3.63) is 65.6 Å². The van der Waals surface area contributed by atoms with Crippen LogP contribution in [-0.4, -0.2) is 15.0 Å². The van der Waals surface area contributed by atoms with Crippen LogP contribution in [0.4, 0.5) is 13.2 Å². The van der Waals surface area contributed by atoms with E-state index in [1.165, 1.54) is 28.9 Å². The summed E-state index contributed by atoms with van der Waals surface area (Å²) in [5, 5.41) is 7.85. The van der Waals surface area contributed by atoms with Crippen LogP contribution in [0.15, 0.2) is 42.5 Å². The average Bonchev–Trinajstić information content (AvgIpc) is 2.91. The second-order valence-electron chi connectivity index (χ2n) is 4.56. The van der Waals surface area contributed by atoms with Gasteiger partial charge in [-0.25, -0.2) is 17.9 Å². The SMILES string of the molecule is Fc1ccc(-n2nnc(CCl)c2-c2cc(F)cc(F)c2)cc1. The molecule has 0 bridgehead atoms. The number of halogens is 4. The third-order valence-corrected chi connectivity index (χ3v) is 3.33. The van der Waals surface area contributed by atoms with Crippen molar-refractivity contribution in [1.29, 1.82) is 0 Å². The van der Waals surface area contributed by atoms with Crippen LogP contribution in [0.25, 0.3) is 16.9 Å². The Morgan fingerprint density at radius 3 is 2.14 bits per heavy atom. The quantitative estimate of drug-likeness (QED) is 0.680. The summed E-state index contributed by atoms with van der Waals surface area (Å²) in [7, 11) is 0. The lowest BCUT2D eigenvalue weighted by molar-refractivity contribution is 0.584. The molecule has 22 heavy (non-hydrogen) atoms. The van der Waals surface area contributed by atoms with E-state index in [0.717, 1.165) is 18.2 Å². The maximum atomic E-state index is 13.5. The summed E-state index contributed by atoms with van der Waals surface area (Å²) in [5.74, 6) is -1.82. The van der Waals surface area contributed by atoms with Crippen LogP contribution in [0, 0.1) is 17.5 Å². The second-order valence-corrected chi connectivity index (χ2v) is 4.83. The van der Waals surface area contributed by atoms with Crippen LogP contribution in [0.5, 0.6) is 0 Å². The van der Waals surface area contributed by atoms with Gasteiger partial charge >= 0.3 is 0 Å². The Hall–Kier alpha value is -2.34. The van der Waals surface area contributed by atoms with E-state index >= 15 is 0 Å². The number of nitrogens with zero attached hydrogens (tertiary/aromatic N) is 3. The maximum Gasteiger partial charge on any atom is 0.126 e. The van der Waals surface area contributed by atoms with Crippen LogP contribution in [-0.2, 0) is 5.88 Å². The molecule has 0 aliphatic heterocycles. The standard InChI is InChI=1S/C15H9ClF3N3/c16-8-14-15(9-5-11(18)7-12(19)6-9)22(21-20-14)13-3-1-10(17)2-4-13/h1-7H,8H2. The zero-order valence-corrected chi connectivity index (χ0v) is 11.9. The first-order valence-corrected chi connectivity index (χ1v) is 6.85. The van der Waals surface area contributed by atoms with Gasteiger partial charge < -0.3 is 0 Å². The monoisotopic (exact) mass is 323 g/mol. The first-order chi connectivity index (χ1) is 10.6. The molecule has 0 aliphatic rings. The van der Waals surface area contributed by atoms with Crippen LogP contribution in [0.3, 0.4) is 0 Å². The summed E-state index contributed by atoms with van der Waals surface area (Å²) in [5.41, 5.74) is 1.49. The zero-order chi connectivity index (χ0) is 15.7. The minimum Gasteiger partial charge on any atom is -0.213 e. The minimum absolute atomic E-state index is 0.0225. The van der Waals surface area contributed by atoms with Crippen molar-refractivity contribution < 1.29 is 13.2 Å². The van der Waals surface area contributed by atoms with Crippen LogP contribution >= 0.6 is 11.6 Å². The Balaban J connectivity index is 2.21. The van der Waals surface area contributed by atoms with E-state index in [0.29, 0.717) is 17.1 Å². The van der Waals surface area contributed by atoms with E-state index in [-0.39, 0.29) is 11.4 Å². The molecule has 3 nitrogen and oxygen atoms in total. The minimum atomic E-state index is -0.720. The summed E-state index contributed by atoms with van der Waals surface area (Å²) in [4.78, 5) is 0. The van der Waals surface area contributed by atoms with Gasteiger partial charge in [0.25, 0.3) is 0 Å². The average molecular weight is 324 g/mol. The highest BCUT2D eigenvalue weighted by atomic mass is 35.5. The molecule has 0 fully saturated rings. The van der Waals surface area contributed by atoms with Gasteiger partial charge in [0.15, 0.2) is 0 Å². The van der Waals surface area contributed by atoms with Gasteiger partial charge in [-0.1, -0.05) is 5.21 Å². The molecule has 0 radical (unpaired) electrons. The van der Waals surface area contributed by atoms with Crippen molar-refractivity contribution in [3.8, 4) is 16.9 Å². The fraction of sp³-hybridized carbons (Fsp3) is 0.0667. The molecule has 0 saturated carbocycles. The summed E-state index contributed by atoms with van der Waals surface area (Å²) < 4.78 is 41.3. The Kier molecular flexibility index (Phi) is 3.85. The van der Waals surface area contributed by atoms with E-state index in [4.69, 9.17) is 11.6 Å². The predicted octanol–water partition coefficient (Wildman–Crippen LogP) is 4.09. The molecule has 2 aromatic carbocycles.